The van der Waals surface area contributed by atoms with Crippen LogP contribution in [0.1, 0.15) is 37.4 Å². The lowest BCUT2D eigenvalue weighted by atomic mass is 9.88. The van der Waals surface area contributed by atoms with Crippen molar-refractivity contribution in [3.05, 3.63) is 35.4 Å². The van der Waals surface area contributed by atoms with Gasteiger partial charge in [0.2, 0.25) is 0 Å². The van der Waals surface area contributed by atoms with Crippen molar-refractivity contribution in [2.24, 2.45) is 5.73 Å². The zero-order valence-electron chi connectivity index (χ0n) is 9.90. The first kappa shape index (κ1) is 11.6. The molecule has 2 rings (SSSR count). The van der Waals surface area contributed by atoms with Crippen molar-refractivity contribution in [2.45, 2.75) is 38.0 Å². The van der Waals surface area contributed by atoms with E-state index in [4.69, 9.17) is 5.73 Å². The summed E-state index contributed by atoms with van der Waals surface area (Å²) in [5.74, 6) is 0. The van der Waals surface area contributed by atoms with Gasteiger partial charge in [-0.1, -0.05) is 31.2 Å². The Morgan fingerprint density at radius 3 is 2.94 bits per heavy atom. The normalized spacial score (nSPS) is 30.1. The molecular weight excluding hydrogens is 200 g/mol. The molecule has 1 aliphatic rings. The largest absolute Gasteiger partial charge is 0.383 e. The van der Waals surface area contributed by atoms with Crippen LogP contribution in [-0.2, 0) is 5.60 Å². The van der Waals surface area contributed by atoms with Crippen LogP contribution in [0.4, 0.5) is 0 Å². The van der Waals surface area contributed by atoms with Gasteiger partial charge in [-0.25, -0.2) is 0 Å². The van der Waals surface area contributed by atoms with E-state index < -0.39 is 5.60 Å². The van der Waals surface area contributed by atoms with Crippen LogP contribution in [0.3, 0.4) is 0 Å². The Kier molecular flexibility index (Phi) is 3.02. The number of hydrogen-bond donors (Lipinski definition) is 3. The third-order valence-electron chi connectivity index (χ3n) is 3.58. The molecule has 0 aliphatic heterocycles. The van der Waals surface area contributed by atoms with Gasteiger partial charge in [0.25, 0.3) is 0 Å². The van der Waals surface area contributed by atoms with E-state index in [0.29, 0.717) is 6.42 Å². The minimum absolute atomic E-state index is 0.0206. The summed E-state index contributed by atoms with van der Waals surface area (Å²) in [6.45, 7) is 4.90. The smallest absolute Gasteiger partial charge is 0.107 e. The maximum Gasteiger partial charge on any atom is 0.107 e. The van der Waals surface area contributed by atoms with Crippen LogP contribution >= 0.6 is 0 Å². The molecule has 3 unspecified atom stereocenters. The second kappa shape index (κ2) is 4.17. The molecule has 1 aromatic carbocycles. The molecular formula is C13H20N2O. The highest BCUT2D eigenvalue weighted by atomic mass is 16.3. The minimum Gasteiger partial charge on any atom is -0.383 e. The Balaban J connectivity index is 2.38. The summed E-state index contributed by atoms with van der Waals surface area (Å²) in [7, 11) is 0. The number of rotatable bonds is 3. The number of benzene rings is 1. The lowest BCUT2D eigenvalue weighted by Crippen LogP contribution is -2.45. The molecule has 3 nitrogen and oxygen atoms in total. The molecule has 4 N–H and O–H groups in total. The van der Waals surface area contributed by atoms with Gasteiger partial charge in [-0.05, 0) is 24.6 Å². The fourth-order valence-electron chi connectivity index (χ4n) is 2.65. The Morgan fingerprint density at radius 1 is 1.56 bits per heavy atom. The molecule has 0 saturated heterocycles. The second-order valence-electron chi connectivity index (χ2n) is 4.60. The third-order valence-corrected chi connectivity index (χ3v) is 3.58. The molecule has 1 aromatic rings. The van der Waals surface area contributed by atoms with Crippen molar-refractivity contribution in [2.75, 3.05) is 6.54 Å². The van der Waals surface area contributed by atoms with E-state index in [1.165, 1.54) is 0 Å². The topological polar surface area (TPSA) is 58.3 Å². The average Bonchev–Trinajstić information content (AvgIpc) is 2.54. The van der Waals surface area contributed by atoms with Crippen LogP contribution in [0.5, 0.6) is 0 Å². The summed E-state index contributed by atoms with van der Waals surface area (Å²) in [4.78, 5) is 0. The maximum absolute atomic E-state index is 10.8. The molecule has 0 amide bonds. The molecule has 1 aliphatic carbocycles. The number of nitrogens with one attached hydrogen (secondary N) is 1. The van der Waals surface area contributed by atoms with E-state index in [0.717, 1.165) is 17.7 Å². The van der Waals surface area contributed by atoms with Gasteiger partial charge in [0.15, 0.2) is 0 Å². The summed E-state index contributed by atoms with van der Waals surface area (Å²) < 4.78 is 0. The van der Waals surface area contributed by atoms with Gasteiger partial charge in [-0.3, -0.25) is 0 Å². The van der Waals surface area contributed by atoms with Crippen molar-refractivity contribution < 1.29 is 5.11 Å². The average molecular weight is 220 g/mol. The third kappa shape index (κ3) is 1.65. The van der Waals surface area contributed by atoms with Crippen molar-refractivity contribution in [1.29, 1.82) is 0 Å². The fourth-order valence-corrected chi connectivity index (χ4v) is 2.65. The number of hydrogen-bond acceptors (Lipinski definition) is 3. The van der Waals surface area contributed by atoms with E-state index in [9.17, 15) is 5.11 Å². The monoisotopic (exact) mass is 220 g/mol. The minimum atomic E-state index is -0.827. The standard InChI is InChI=1S/C13H20N2O/c1-3-15-9(2)13(16)8-12(14)10-6-4-5-7-11(10)13/h4-7,9,12,15-16H,3,8,14H2,1-2H3. The summed E-state index contributed by atoms with van der Waals surface area (Å²) >= 11 is 0. The van der Waals surface area contributed by atoms with E-state index in [1.54, 1.807) is 0 Å². The van der Waals surface area contributed by atoms with Gasteiger partial charge in [0.1, 0.15) is 5.60 Å². The van der Waals surface area contributed by atoms with Gasteiger partial charge < -0.3 is 16.2 Å². The van der Waals surface area contributed by atoms with Gasteiger partial charge in [0, 0.05) is 18.5 Å². The van der Waals surface area contributed by atoms with Gasteiger partial charge in [-0.2, -0.15) is 0 Å². The van der Waals surface area contributed by atoms with E-state index in [2.05, 4.69) is 5.32 Å². The van der Waals surface area contributed by atoms with E-state index in [1.807, 2.05) is 38.1 Å². The molecule has 0 radical (unpaired) electrons. The fraction of sp³-hybridized carbons (Fsp3) is 0.538. The van der Waals surface area contributed by atoms with E-state index in [-0.39, 0.29) is 12.1 Å². The number of aliphatic hydroxyl groups is 1. The maximum atomic E-state index is 10.8. The highest BCUT2D eigenvalue weighted by Crippen LogP contribution is 2.43. The lowest BCUT2D eigenvalue weighted by molar-refractivity contribution is 0.000793. The molecule has 3 atom stereocenters. The zero-order chi connectivity index (χ0) is 11.8. The van der Waals surface area contributed by atoms with Crippen molar-refractivity contribution >= 4 is 0 Å². The van der Waals surface area contributed by atoms with Crippen LogP contribution in [0, 0.1) is 0 Å². The SMILES string of the molecule is CCNC(C)C1(O)CC(N)c2ccccc21. The second-order valence-corrected chi connectivity index (χ2v) is 4.60. The van der Waals surface area contributed by atoms with Crippen molar-refractivity contribution in [3.8, 4) is 0 Å². The van der Waals surface area contributed by atoms with Crippen LogP contribution in [0.15, 0.2) is 24.3 Å². The predicted molar refractivity (Wildman–Crippen MR) is 65.0 cm³/mol. The molecule has 0 bridgehead atoms. The summed E-state index contributed by atoms with van der Waals surface area (Å²) in [6, 6.07) is 7.89. The van der Waals surface area contributed by atoms with Crippen LogP contribution in [0.2, 0.25) is 0 Å². The Bertz CT molecular complexity index is 380. The lowest BCUT2D eigenvalue weighted by Gasteiger charge is -2.31. The molecule has 3 heteroatoms. The van der Waals surface area contributed by atoms with Crippen LogP contribution in [0.25, 0.3) is 0 Å². The summed E-state index contributed by atoms with van der Waals surface area (Å²) in [6.07, 6.45) is 0.598. The molecule has 16 heavy (non-hydrogen) atoms. The zero-order valence-corrected chi connectivity index (χ0v) is 9.90. The van der Waals surface area contributed by atoms with Gasteiger partial charge in [0.05, 0.1) is 0 Å². The molecule has 0 aromatic heterocycles. The first-order valence-electron chi connectivity index (χ1n) is 5.90. The predicted octanol–water partition coefficient (Wildman–Crippen LogP) is 1.28. The van der Waals surface area contributed by atoms with Crippen molar-refractivity contribution in [1.82, 2.24) is 5.32 Å². The number of nitrogens with two attached hydrogens (primary N) is 1. The van der Waals surface area contributed by atoms with Crippen molar-refractivity contribution in [3.63, 3.8) is 0 Å². The molecule has 0 saturated carbocycles. The number of likely N-dealkylation sites (N-methyl/N-ethyl adjacent to an activating group) is 1. The quantitative estimate of drug-likeness (QED) is 0.719. The first-order valence-corrected chi connectivity index (χ1v) is 5.90. The van der Waals surface area contributed by atoms with E-state index >= 15 is 0 Å². The van der Waals surface area contributed by atoms with Crippen LogP contribution < -0.4 is 11.1 Å². The number of fused-ring (bicyclic) bond motifs is 1. The highest BCUT2D eigenvalue weighted by Gasteiger charge is 2.44. The van der Waals surface area contributed by atoms with Gasteiger partial charge in [-0.15, -0.1) is 0 Å². The Labute approximate surface area is 96.7 Å². The Morgan fingerprint density at radius 2 is 2.25 bits per heavy atom. The molecule has 0 fully saturated rings. The Hall–Kier alpha value is -0.900. The molecule has 88 valence electrons. The summed E-state index contributed by atoms with van der Waals surface area (Å²) in [5, 5.41) is 14.1. The first-order chi connectivity index (χ1) is 7.59. The van der Waals surface area contributed by atoms with Gasteiger partial charge >= 0.3 is 0 Å². The van der Waals surface area contributed by atoms with Crippen LogP contribution in [-0.4, -0.2) is 17.7 Å². The summed E-state index contributed by atoms with van der Waals surface area (Å²) in [5.41, 5.74) is 7.30. The highest BCUT2D eigenvalue weighted by molar-refractivity contribution is 5.41. The molecule has 0 heterocycles. The molecule has 0 spiro atoms.